The minimum Gasteiger partial charge on any atom is -0.493 e. The van der Waals surface area contributed by atoms with Gasteiger partial charge in [0, 0.05) is 16.9 Å². The highest BCUT2D eigenvalue weighted by Gasteiger charge is 2.55. The van der Waals surface area contributed by atoms with E-state index in [4.69, 9.17) is 4.74 Å². The van der Waals surface area contributed by atoms with Crippen molar-refractivity contribution in [2.45, 2.75) is 18.0 Å². The lowest BCUT2D eigenvalue weighted by Crippen LogP contribution is -2.48. The van der Waals surface area contributed by atoms with Crippen molar-refractivity contribution < 1.29 is 23.5 Å². The third-order valence-corrected chi connectivity index (χ3v) is 6.83. The predicted octanol–water partition coefficient (Wildman–Crippen LogP) is 3.32. The number of rotatable bonds is 5. The molecule has 4 amide bonds. The van der Waals surface area contributed by atoms with Crippen LogP contribution in [0.5, 0.6) is 5.75 Å². The van der Waals surface area contributed by atoms with E-state index in [0.717, 1.165) is 9.78 Å². The highest BCUT2D eigenvalue weighted by Crippen LogP contribution is 2.41. The Labute approximate surface area is 193 Å². The molecule has 33 heavy (non-hydrogen) atoms. The van der Waals surface area contributed by atoms with Crippen LogP contribution in [0.3, 0.4) is 0 Å². The lowest BCUT2D eigenvalue weighted by Gasteiger charge is -2.33. The highest BCUT2D eigenvalue weighted by molar-refractivity contribution is 7.10. The van der Waals surface area contributed by atoms with Gasteiger partial charge in [-0.1, -0.05) is 36.4 Å². The Morgan fingerprint density at radius 2 is 1.94 bits per heavy atom. The molecule has 7 nitrogen and oxygen atoms in total. The number of fused-ring (bicyclic) bond motifs is 2. The van der Waals surface area contributed by atoms with Crippen molar-refractivity contribution in [1.29, 1.82) is 0 Å². The molecule has 2 atom stereocenters. The molecule has 168 valence electrons. The fourth-order valence-corrected chi connectivity index (χ4v) is 5.10. The maximum absolute atomic E-state index is 13.4. The SMILES string of the molecule is O=C(CN1C(=O)N[C@@]2(CCOc3ccccc32)C1=O)N[C@@H](c1ccc(F)cc1)c1cccs1. The van der Waals surface area contributed by atoms with E-state index in [-0.39, 0.29) is 18.8 Å². The second kappa shape index (κ2) is 8.32. The van der Waals surface area contributed by atoms with Gasteiger partial charge in [-0.15, -0.1) is 11.3 Å². The molecule has 0 saturated carbocycles. The summed E-state index contributed by atoms with van der Waals surface area (Å²) in [5.41, 5.74) is 0.0376. The topological polar surface area (TPSA) is 87.7 Å². The third kappa shape index (κ3) is 3.74. The van der Waals surface area contributed by atoms with E-state index in [0.29, 0.717) is 16.9 Å². The summed E-state index contributed by atoms with van der Waals surface area (Å²) in [5, 5.41) is 7.55. The van der Waals surface area contributed by atoms with Crippen LogP contribution in [-0.4, -0.2) is 35.9 Å². The number of benzene rings is 2. The number of nitrogens with zero attached hydrogens (tertiary/aromatic N) is 1. The molecule has 0 unspecified atom stereocenters. The Bertz CT molecular complexity index is 1210. The number of hydrogen-bond donors (Lipinski definition) is 2. The molecular weight excluding hydrogens is 445 g/mol. The molecule has 2 aliphatic heterocycles. The van der Waals surface area contributed by atoms with E-state index in [1.165, 1.54) is 23.5 Å². The Balaban J connectivity index is 1.37. The van der Waals surface area contributed by atoms with E-state index in [1.54, 1.807) is 36.4 Å². The Kier molecular flexibility index (Phi) is 5.33. The maximum atomic E-state index is 13.4. The molecule has 1 saturated heterocycles. The second-order valence-corrected chi connectivity index (χ2v) is 8.87. The fraction of sp³-hybridized carbons (Fsp3) is 0.208. The summed E-state index contributed by atoms with van der Waals surface area (Å²) in [6.07, 6.45) is 0.278. The number of urea groups is 1. The van der Waals surface area contributed by atoms with Gasteiger partial charge >= 0.3 is 6.03 Å². The van der Waals surface area contributed by atoms with Crippen molar-refractivity contribution in [2.24, 2.45) is 0 Å². The van der Waals surface area contributed by atoms with Gasteiger partial charge in [0.1, 0.15) is 18.1 Å². The molecule has 3 aromatic rings. The first-order valence-corrected chi connectivity index (χ1v) is 11.3. The maximum Gasteiger partial charge on any atom is 0.325 e. The first-order valence-electron chi connectivity index (χ1n) is 10.4. The lowest BCUT2D eigenvalue weighted by molar-refractivity contribution is -0.136. The third-order valence-electron chi connectivity index (χ3n) is 5.90. The van der Waals surface area contributed by atoms with Gasteiger partial charge in [0.25, 0.3) is 5.91 Å². The molecule has 0 bridgehead atoms. The van der Waals surface area contributed by atoms with Crippen LogP contribution in [0.15, 0.2) is 66.0 Å². The number of carbonyl (C=O) groups is 3. The van der Waals surface area contributed by atoms with Crippen molar-refractivity contribution in [3.8, 4) is 5.75 Å². The molecule has 3 heterocycles. The van der Waals surface area contributed by atoms with Gasteiger partial charge in [-0.3, -0.25) is 14.5 Å². The van der Waals surface area contributed by atoms with Crippen LogP contribution in [0.25, 0.3) is 0 Å². The molecular formula is C24H20FN3O4S. The van der Waals surface area contributed by atoms with Crippen LogP contribution in [-0.2, 0) is 15.1 Å². The Morgan fingerprint density at radius 3 is 2.70 bits per heavy atom. The molecule has 0 aliphatic carbocycles. The number of hydrogen-bond acceptors (Lipinski definition) is 5. The standard InChI is InChI=1S/C24H20FN3O4S/c25-16-9-7-15(8-10-16)21(19-6-3-13-33-19)26-20(29)14-28-22(30)24(27-23(28)31)11-12-32-18-5-2-1-4-17(18)24/h1-10,13,21H,11-12,14H2,(H,26,29)(H,27,31)/t21-,24+/m0/s1. The summed E-state index contributed by atoms with van der Waals surface area (Å²) >= 11 is 1.44. The molecule has 1 spiro atoms. The Hall–Kier alpha value is -3.72. The van der Waals surface area contributed by atoms with Gasteiger partial charge in [0.15, 0.2) is 5.54 Å². The molecule has 1 fully saturated rings. The normalized spacial score (nSPS) is 20.2. The van der Waals surface area contributed by atoms with Gasteiger partial charge in [-0.25, -0.2) is 9.18 Å². The largest absolute Gasteiger partial charge is 0.493 e. The average molecular weight is 466 g/mol. The van der Waals surface area contributed by atoms with Crippen LogP contribution in [0.1, 0.15) is 28.5 Å². The highest BCUT2D eigenvalue weighted by atomic mass is 32.1. The number of ether oxygens (including phenoxy) is 1. The number of para-hydroxylation sites is 1. The van der Waals surface area contributed by atoms with Gasteiger partial charge in [0.2, 0.25) is 5.91 Å². The van der Waals surface area contributed by atoms with Gasteiger partial charge in [-0.05, 0) is 35.2 Å². The van der Waals surface area contributed by atoms with Crippen LogP contribution in [0, 0.1) is 5.82 Å². The van der Waals surface area contributed by atoms with Crippen molar-refractivity contribution in [3.63, 3.8) is 0 Å². The smallest absolute Gasteiger partial charge is 0.325 e. The Morgan fingerprint density at radius 1 is 1.15 bits per heavy atom. The summed E-state index contributed by atoms with van der Waals surface area (Å²) < 4.78 is 19.0. The second-order valence-electron chi connectivity index (χ2n) is 7.89. The zero-order valence-electron chi connectivity index (χ0n) is 17.4. The molecule has 2 N–H and O–H groups in total. The van der Waals surface area contributed by atoms with Gasteiger partial charge in [-0.2, -0.15) is 0 Å². The summed E-state index contributed by atoms with van der Waals surface area (Å²) in [6.45, 7) is -0.160. The van der Waals surface area contributed by atoms with Crippen molar-refractivity contribution in [2.75, 3.05) is 13.2 Å². The minimum atomic E-state index is -1.24. The summed E-state index contributed by atoms with van der Waals surface area (Å²) in [5.74, 6) is -0.819. The van der Waals surface area contributed by atoms with Crippen LogP contribution in [0.4, 0.5) is 9.18 Å². The van der Waals surface area contributed by atoms with Crippen LogP contribution in [0.2, 0.25) is 0 Å². The molecule has 2 aromatic carbocycles. The molecule has 2 aliphatic rings. The van der Waals surface area contributed by atoms with Gasteiger partial charge in [0.05, 0.1) is 12.6 Å². The van der Waals surface area contributed by atoms with Crippen LogP contribution >= 0.6 is 11.3 Å². The van der Waals surface area contributed by atoms with Crippen molar-refractivity contribution >= 4 is 29.2 Å². The zero-order chi connectivity index (χ0) is 23.0. The lowest BCUT2D eigenvalue weighted by atomic mass is 9.84. The monoisotopic (exact) mass is 465 g/mol. The number of carbonyl (C=O) groups excluding carboxylic acids is 3. The number of nitrogens with one attached hydrogen (secondary N) is 2. The van der Waals surface area contributed by atoms with Gasteiger partial charge < -0.3 is 15.4 Å². The molecule has 0 radical (unpaired) electrons. The number of imide groups is 1. The van der Waals surface area contributed by atoms with Crippen LogP contribution < -0.4 is 15.4 Å². The quantitative estimate of drug-likeness (QED) is 0.566. The first kappa shape index (κ1) is 21.1. The molecule has 9 heteroatoms. The first-order chi connectivity index (χ1) is 16.0. The van der Waals surface area contributed by atoms with E-state index >= 15 is 0 Å². The molecule has 5 rings (SSSR count). The van der Waals surface area contributed by atoms with Crippen molar-refractivity contribution in [3.05, 3.63) is 87.9 Å². The summed E-state index contributed by atoms with van der Waals surface area (Å²) in [4.78, 5) is 40.9. The average Bonchev–Trinajstić information content (AvgIpc) is 3.43. The minimum absolute atomic E-state index is 0.272. The number of thiophene rings is 1. The number of amides is 4. The van der Waals surface area contributed by atoms with E-state index in [2.05, 4.69) is 10.6 Å². The molecule has 1 aromatic heterocycles. The van der Waals surface area contributed by atoms with E-state index in [1.807, 2.05) is 17.5 Å². The summed E-state index contributed by atoms with van der Waals surface area (Å²) in [7, 11) is 0. The number of halogens is 1. The van der Waals surface area contributed by atoms with Crippen molar-refractivity contribution in [1.82, 2.24) is 15.5 Å². The van der Waals surface area contributed by atoms with E-state index < -0.39 is 36.0 Å². The zero-order valence-corrected chi connectivity index (χ0v) is 18.2. The fourth-order valence-electron chi connectivity index (χ4n) is 4.30. The van der Waals surface area contributed by atoms with E-state index in [9.17, 15) is 18.8 Å². The summed E-state index contributed by atoms with van der Waals surface area (Å²) in [6, 6.07) is 15.5. The predicted molar refractivity (Wildman–Crippen MR) is 119 cm³/mol.